The zero-order chi connectivity index (χ0) is 22.4. The number of nitrogens with one attached hydrogen (secondary N) is 2. The van der Waals surface area contributed by atoms with Crippen molar-refractivity contribution in [1.82, 2.24) is 10.3 Å². The Bertz CT molecular complexity index is 1100. The van der Waals surface area contributed by atoms with Gasteiger partial charge in [0.05, 0.1) is 7.11 Å². The fourth-order valence-electron chi connectivity index (χ4n) is 2.78. The number of fused-ring (bicyclic) bond motifs is 1. The number of nitrogens with zero attached hydrogens (tertiary/aromatic N) is 1. The molecule has 1 aromatic heterocycles. The number of hydrogen-bond donors (Lipinski definition) is 3. The van der Waals surface area contributed by atoms with E-state index in [1.165, 1.54) is 7.11 Å². The molecule has 0 fully saturated rings. The largest absolute Gasteiger partial charge is 0.480 e. The van der Waals surface area contributed by atoms with Crippen molar-refractivity contribution in [2.75, 3.05) is 19.0 Å². The Morgan fingerprint density at radius 1 is 1.19 bits per heavy atom. The van der Waals surface area contributed by atoms with Crippen LogP contribution in [0.4, 0.5) is 6.01 Å². The minimum atomic E-state index is -1.16. The van der Waals surface area contributed by atoms with Gasteiger partial charge in [-0.1, -0.05) is 28.1 Å². The van der Waals surface area contributed by atoms with E-state index in [1.807, 2.05) is 0 Å². The van der Waals surface area contributed by atoms with Crippen LogP contribution in [0.1, 0.15) is 22.3 Å². The minimum absolute atomic E-state index is 0.0460. The third-order valence-corrected chi connectivity index (χ3v) is 4.97. The van der Waals surface area contributed by atoms with Crippen molar-refractivity contribution >= 4 is 50.9 Å². The molecule has 1 amide bonds. The molecule has 9 nitrogen and oxygen atoms in total. The number of aryl methyl sites for hydroxylation is 1. The summed E-state index contributed by atoms with van der Waals surface area (Å²) < 4.78 is 10.9. The maximum atomic E-state index is 12.4. The normalized spacial score (nSPS) is 11.7. The molecular weight excluding hydrogens is 470 g/mol. The number of carboxylic acids is 1. The molecule has 1 heterocycles. The third kappa shape index (κ3) is 6.05. The summed E-state index contributed by atoms with van der Waals surface area (Å²) in [6.45, 7) is -0.180. The summed E-state index contributed by atoms with van der Waals surface area (Å²) >= 11 is 3.34. The number of aromatic nitrogens is 1. The van der Waals surface area contributed by atoms with Crippen molar-refractivity contribution in [2.24, 2.45) is 0 Å². The van der Waals surface area contributed by atoms with Gasteiger partial charge in [-0.05, 0) is 42.3 Å². The lowest BCUT2D eigenvalue weighted by atomic mass is 10.1. The molecule has 31 heavy (non-hydrogen) atoms. The first kappa shape index (κ1) is 22.3. The van der Waals surface area contributed by atoms with Crippen molar-refractivity contribution in [2.45, 2.75) is 18.9 Å². The number of aliphatic carboxylic acids is 1. The van der Waals surface area contributed by atoms with Crippen LogP contribution < -0.4 is 10.6 Å². The summed E-state index contributed by atoms with van der Waals surface area (Å²) in [6, 6.07) is 10.9. The number of carbonyl (C=O) groups excluding carboxylic acids is 2. The maximum absolute atomic E-state index is 12.4. The van der Waals surface area contributed by atoms with Gasteiger partial charge < -0.3 is 24.9 Å². The van der Waals surface area contributed by atoms with Crippen LogP contribution >= 0.6 is 15.9 Å². The summed E-state index contributed by atoms with van der Waals surface area (Å²) in [5.41, 5.74) is 2.33. The number of carboxylic acid groups (broad SMARTS) is 1. The Labute approximate surface area is 185 Å². The Kier molecular flexibility index (Phi) is 7.24. The van der Waals surface area contributed by atoms with Crippen LogP contribution in [0.5, 0.6) is 0 Å². The highest BCUT2D eigenvalue weighted by Crippen LogP contribution is 2.23. The first-order chi connectivity index (χ1) is 14.9. The fraction of sp³-hybridized carbons (Fsp3) is 0.238. The smallest absolute Gasteiger partial charge is 0.328 e. The molecule has 3 aromatic rings. The minimum Gasteiger partial charge on any atom is -0.480 e. The molecule has 0 unspecified atom stereocenters. The van der Waals surface area contributed by atoms with Gasteiger partial charge in [0.15, 0.2) is 5.58 Å². The molecule has 3 N–H and O–H groups in total. The predicted octanol–water partition coefficient (Wildman–Crippen LogP) is 2.99. The van der Waals surface area contributed by atoms with Crippen LogP contribution in [-0.4, -0.2) is 47.6 Å². The second-order valence-corrected chi connectivity index (χ2v) is 7.56. The van der Waals surface area contributed by atoms with Crippen LogP contribution in [0.25, 0.3) is 11.1 Å². The first-order valence-electron chi connectivity index (χ1n) is 9.35. The quantitative estimate of drug-likeness (QED) is 0.391. The fourth-order valence-corrected chi connectivity index (χ4v) is 3.13. The molecule has 0 aliphatic carbocycles. The van der Waals surface area contributed by atoms with Crippen molar-refractivity contribution in [3.05, 3.63) is 58.1 Å². The van der Waals surface area contributed by atoms with E-state index in [0.717, 1.165) is 10.0 Å². The average Bonchev–Trinajstić information content (AvgIpc) is 3.16. The lowest BCUT2D eigenvalue weighted by Gasteiger charge is -2.14. The Balaban J connectivity index is 1.58. The number of anilines is 1. The van der Waals surface area contributed by atoms with Gasteiger partial charge in [0, 0.05) is 23.0 Å². The number of esters is 1. The number of hydrogen-bond acceptors (Lipinski definition) is 7. The van der Waals surface area contributed by atoms with E-state index in [9.17, 15) is 19.5 Å². The predicted molar refractivity (Wildman–Crippen MR) is 116 cm³/mol. The maximum Gasteiger partial charge on any atom is 0.328 e. The highest BCUT2D eigenvalue weighted by atomic mass is 79.9. The number of rotatable bonds is 9. The second-order valence-electron chi connectivity index (χ2n) is 6.65. The molecular formula is C21H20BrN3O6. The zero-order valence-electron chi connectivity index (χ0n) is 16.6. The number of amides is 1. The number of halogens is 1. The standard InChI is InChI=1S/C21H20BrN3O6/c1-30-18(26)9-4-12-2-5-13(6-3-12)19(27)23-11-16(20(28)29)25-21-24-15-10-14(22)7-8-17(15)31-21/h2-3,5-8,10,16H,4,9,11H2,1H3,(H,23,27)(H,24,25)(H,28,29)/t16-/m0/s1. The molecule has 2 aromatic carbocycles. The molecule has 0 saturated heterocycles. The van der Waals surface area contributed by atoms with Gasteiger partial charge in [-0.25, -0.2) is 4.79 Å². The van der Waals surface area contributed by atoms with Crippen LogP contribution in [-0.2, 0) is 20.7 Å². The molecule has 1 atom stereocenters. The highest BCUT2D eigenvalue weighted by molar-refractivity contribution is 9.10. The number of ether oxygens (including phenoxy) is 1. The van der Waals surface area contributed by atoms with Gasteiger partial charge in [-0.2, -0.15) is 4.98 Å². The summed E-state index contributed by atoms with van der Waals surface area (Å²) in [6.07, 6.45) is 0.751. The number of benzene rings is 2. The molecule has 3 rings (SSSR count). The Morgan fingerprint density at radius 3 is 2.61 bits per heavy atom. The number of oxazole rings is 1. The van der Waals surface area contributed by atoms with Crippen LogP contribution in [0, 0.1) is 0 Å². The Morgan fingerprint density at radius 2 is 1.94 bits per heavy atom. The van der Waals surface area contributed by atoms with Gasteiger partial charge in [0.1, 0.15) is 11.6 Å². The van der Waals surface area contributed by atoms with Gasteiger partial charge >= 0.3 is 11.9 Å². The summed E-state index contributed by atoms with van der Waals surface area (Å²) in [5.74, 6) is -1.89. The van der Waals surface area contributed by atoms with E-state index >= 15 is 0 Å². The third-order valence-electron chi connectivity index (χ3n) is 4.47. The molecule has 0 spiro atoms. The molecule has 0 saturated carbocycles. The van der Waals surface area contributed by atoms with Crippen LogP contribution in [0.2, 0.25) is 0 Å². The second kappa shape index (κ2) is 10.1. The summed E-state index contributed by atoms with van der Waals surface area (Å²) in [7, 11) is 1.33. The van der Waals surface area contributed by atoms with E-state index in [1.54, 1.807) is 42.5 Å². The van der Waals surface area contributed by atoms with E-state index in [2.05, 4.69) is 36.3 Å². The van der Waals surface area contributed by atoms with E-state index in [-0.39, 0.29) is 24.9 Å². The van der Waals surface area contributed by atoms with Crippen molar-refractivity contribution in [3.63, 3.8) is 0 Å². The summed E-state index contributed by atoms with van der Waals surface area (Å²) in [5, 5.41) is 14.7. The van der Waals surface area contributed by atoms with Crippen molar-refractivity contribution in [3.8, 4) is 0 Å². The highest BCUT2D eigenvalue weighted by Gasteiger charge is 2.21. The number of methoxy groups -OCH3 is 1. The lowest BCUT2D eigenvalue weighted by Crippen LogP contribution is -2.41. The van der Waals surface area contributed by atoms with Crippen molar-refractivity contribution in [1.29, 1.82) is 0 Å². The molecule has 162 valence electrons. The molecule has 0 aliphatic rings. The Hall–Kier alpha value is -3.40. The van der Waals surface area contributed by atoms with E-state index in [4.69, 9.17) is 4.42 Å². The van der Waals surface area contributed by atoms with E-state index in [0.29, 0.717) is 23.1 Å². The summed E-state index contributed by atoms with van der Waals surface area (Å²) in [4.78, 5) is 39.4. The van der Waals surface area contributed by atoms with Gasteiger partial charge in [-0.15, -0.1) is 0 Å². The molecule has 0 bridgehead atoms. The SMILES string of the molecule is COC(=O)CCc1ccc(C(=O)NC[C@H](Nc2nc3cc(Br)ccc3o2)C(=O)O)cc1. The average molecular weight is 490 g/mol. The van der Waals surface area contributed by atoms with Crippen molar-refractivity contribution < 1.29 is 28.6 Å². The van der Waals surface area contributed by atoms with Gasteiger partial charge in [0.2, 0.25) is 0 Å². The number of carbonyl (C=O) groups is 3. The first-order valence-corrected chi connectivity index (χ1v) is 10.1. The molecule has 0 radical (unpaired) electrons. The monoisotopic (exact) mass is 489 g/mol. The topological polar surface area (TPSA) is 131 Å². The van der Waals surface area contributed by atoms with Gasteiger partial charge in [0.25, 0.3) is 11.9 Å². The van der Waals surface area contributed by atoms with Crippen LogP contribution in [0.15, 0.2) is 51.4 Å². The van der Waals surface area contributed by atoms with Gasteiger partial charge in [-0.3, -0.25) is 9.59 Å². The van der Waals surface area contributed by atoms with E-state index < -0.39 is 17.9 Å². The lowest BCUT2D eigenvalue weighted by molar-refractivity contribution is -0.140. The van der Waals surface area contributed by atoms with Crippen LogP contribution in [0.3, 0.4) is 0 Å². The molecule has 10 heteroatoms. The zero-order valence-corrected chi connectivity index (χ0v) is 18.1. The molecule has 0 aliphatic heterocycles.